The molecule has 2 saturated carbocycles. The number of aliphatic hydroxyl groups excluding tert-OH is 2. The number of hydrogen-bond donors (Lipinski definition) is 2. The maximum absolute atomic E-state index is 11.9. The van der Waals surface area contributed by atoms with Gasteiger partial charge < -0.3 is 19.7 Å². The van der Waals surface area contributed by atoms with E-state index in [1.165, 1.54) is 12.8 Å². The third kappa shape index (κ3) is 8.18. The molecule has 2 rings (SSSR count). The van der Waals surface area contributed by atoms with Gasteiger partial charge in [0.15, 0.2) is 0 Å². The maximum Gasteiger partial charge on any atom is 0.333 e. The van der Waals surface area contributed by atoms with E-state index in [0.29, 0.717) is 29.9 Å². The van der Waals surface area contributed by atoms with Crippen molar-refractivity contribution < 1.29 is 29.3 Å². The van der Waals surface area contributed by atoms with E-state index in [4.69, 9.17) is 9.47 Å². The second-order valence-electron chi connectivity index (χ2n) is 11.3. The number of carbonyl (C=O) groups excluding carboxylic acids is 2. The quantitative estimate of drug-likeness (QED) is 0.255. The van der Waals surface area contributed by atoms with Gasteiger partial charge in [0.05, 0.1) is 12.2 Å². The van der Waals surface area contributed by atoms with Gasteiger partial charge in [-0.15, -0.1) is 0 Å². The van der Waals surface area contributed by atoms with Gasteiger partial charge in [-0.05, 0) is 69.1 Å². The fourth-order valence-corrected chi connectivity index (χ4v) is 7.06. The first kappa shape index (κ1) is 29.6. The van der Waals surface area contributed by atoms with Crippen LogP contribution >= 0.6 is 0 Å². The van der Waals surface area contributed by atoms with Gasteiger partial charge in [-0.25, -0.2) is 9.59 Å². The Bertz CT molecular complexity index is 669. The van der Waals surface area contributed by atoms with Gasteiger partial charge in [0.25, 0.3) is 0 Å². The standard InChI is InChI=1S/C29H48O6/c1-6-25(28(13-9-7-10-14-28)17-23(30)19-34-26(32)21(2)3)29(15-11-8-12-16-29)18-24(31)20-35-27(33)22(4)5/h23-25,30-31H,2,4,6-20H2,1,3,5H3. The van der Waals surface area contributed by atoms with Gasteiger partial charge in [-0.2, -0.15) is 0 Å². The van der Waals surface area contributed by atoms with Crippen molar-refractivity contribution in [1.82, 2.24) is 0 Å². The van der Waals surface area contributed by atoms with Crippen molar-refractivity contribution in [2.75, 3.05) is 13.2 Å². The molecule has 2 fully saturated rings. The fraction of sp³-hybridized carbons (Fsp3) is 0.793. The lowest BCUT2D eigenvalue weighted by Gasteiger charge is -2.55. The number of ether oxygens (including phenoxy) is 2. The van der Waals surface area contributed by atoms with Crippen molar-refractivity contribution in [1.29, 1.82) is 0 Å². The fourth-order valence-electron chi connectivity index (χ4n) is 7.06. The Labute approximate surface area is 212 Å². The van der Waals surface area contributed by atoms with Gasteiger partial charge in [0.1, 0.15) is 13.2 Å². The molecule has 0 bridgehead atoms. The second-order valence-corrected chi connectivity index (χ2v) is 11.3. The zero-order valence-corrected chi connectivity index (χ0v) is 22.3. The molecule has 35 heavy (non-hydrogen) atoms. The summed E-state index contributed by atoms with van der Waals surface area (Å²) in [5, 5.41) is 22.0. The van der Waals surface area contributed by atoms with E-state index in [9.17, 15) is 19.8 Å². The summed E-state index contributed by atoms with van der Waals surface area (Å²) < 4.78 is 10.6. The number of aliphatic hydroxyl groups is 2. The molecule has 0 saturated heterocycles. The van der Waals surface area contributed by atoms with E-state index < -0.39 is 24.1 Å². The van der Waals surface area contributed by atoms with Gasteiger partial charge in [0.2, 0.25) is 0 Å². The number of rotatable bonds is 13. The molecular formula is C29H48O6. The van der Waals surface area contributed by atoms with Crippen LogP contribution in [0.4, 0.5) is 0 Å². The molecule has 0 heterocycles. The molecule has 2 N–H and O–H groups in total. The number of hydrogen-bond acceptors (Lipinski definition) is 6. The molecule has 0 aromatic rings. The molecule has 0 amide bonds. The van der Waals surface area contributed by atoms with Crippen molar-refractivity contribution in [2.24, 2.45) is 16.7 Å². The highest BCUT2D eigenvalue weighted by Gasteiger charge is 2.51. The summed E-state index contributed by atoms with van der Waals surface area (Å²) in [6, 6.07) is 0. The lowest BCUT2D eigenvalue weighted by atomic mass is 9.50. The molecule has 0 aliphatic heterocycles. The first-order valence-corrected chi connectivity index (χ1v) is 13.6. The normalized spacial score (nSPS) is 21.9. The van der Waals surface area contributed by atoms with E-state index in [0.717, 1.165) is 57.8 Å². The first-order chi connectivity index (χ1) is 16.5. The smallest absolute Gasteiger partial charge is 0.333 e. The predicted molar refractivity (Wildman–Crippen MR) is 138 cm³/mol. The molecule has 6 nitrogen and oxygen atoms in total. The summed E-state index contributed by atoms with van der Waals surface area (Å²) >= 11 is 0. The Balaban J connectivity index is 2.25. The third-order valence-electron chi connectivity index (χ3n) is 8.38. The number of carbonyl (C=O) groups is 2. The molecule has 0 radical (unpaired) electrons. The summed E-state index contributed by atoms with van der Waals surface area (Å²) in [5.41, 5.74) is 0.540. The minimum Gasteiger partial charge on any atom is -0.460 e. The Kier molecular flexibility index (Phi) is 11.5. The first-order valence-electron chi connectivity index (χ1n) is 13.6. The number of esters is 2. The van der Waals surface area contributed by atoms with Crippen molar-refractivity contribution in [3.63, 3.8) is 0 Å². The Morgan fingerprint density at radius 2 is 1.09 bits per heavy atom. The van der Waals surface area contributed by atoms with Crippen LogP contribution in [0.3, 0.4) is 0 Å². The van der Waals surface area contributed by atoms with Crippen LogP contribution < -0.4 is 0 Å². The summed E-state index contributed by atoms with van der Waals surface area (Å²) in [5.74, 6) is -0.608. The summed E-state index contributed by atoms with van der Waals surface area (Å²) in [4.78, 5) is 23.8. The minimum atomic E-state index is -0.729. The van der Waals surface area contributed by atoms with Crippen LogP contribution in [0.5, 0.6) is 0 Å². The molecule has 0 spiro atoms. The predicted octanol–water partition coefficient (Wildman–Crippen LogP) is 5.65. The molecular weight excluding hydrogens is 444 g/mol. The summed E-state index contributed by atoms with van der Waals surface area (Å²) in [6.45, 7) is 12.7. The highest BCUT2D eigenvalue weighted by Crippen LogP contribution is 2.59. The van der Waals surface area contributed by atoms with Crippen LogP contribution in [-0.2, 0) is 19.1 Å². The SMILES string of the molecule is C=C(C)C(=O)OCC(O)CC1(C(CC)C2(CC(O)COC(=O)C(=C)C)CCCCC2)CCCCC1. The van der Waals surface area contributed by atoms with Gasteiger partial charge in [-0.1, -0.05) is 65.0 Å². The maximum atomic E-state index is 11.9. The van der Waals surface area contributed by atoms with Crippen LogP contribution in [0.2, 0.25) is 0 Å². The molecule has 0 aromatic heterocycles. The van der Waals surface area contributed by atoms with E-state index in [1.54, 1.807) is 13.8 Å². The van der Waals surface area contributed by atoms with E-state index in [-0.39, 0.29) is 24.0 Å². The Morgan fingerprint density at radius 3 is 1.37 bits per heavy atom. The Morgan fingerprint density at radius 1 is 0.743 bits per heavy atom. The zero-order valence-electron chi connectivity index (χ0n) is 22.3. The molecule has 0 aromatic carbocycles. The van der Waals surface area contributed by atoms with Crippen LogP contribution in [0, 0.1) is 16.7 Å². The Hall–Kier alpha value is -1.66. The van der Waals surface area contributed by atoms with Crippen molar-refractivity contribution in [3.8, 4) is 0 Å². The highest BCUT2D eigenvalue weighted by molar-refractivity contribution is 5.87. The van der Waals surface area contributed by atoms with E-state index >= 15 is 0 Å². The van der Waals surface area contributed by atoms with E-state index in [2.05, 4.69) is 20.1 Å². The van der Waals surface area contributed by atoms with Gasteiger partial charge in [0, 0.05) is 11.1 Å². The molecule has 2 unspecified atom stereocenters. The lowest BCUT2D eigenvalue weighted by molar-refractivity contribution is -0.145. The van der Waals surface area contributed by atoms with Crippen LogP contribution in [0.1, 0.15) is 104 Å². The molecule has 200 valence electrons. The zero-order chi connectivity index (χ0) is 26.1. The van der Waals surface area contributed by atoms with Crippen molar-refractivity contribution in [3.05, 3.63) is 24.3 Å². The third-order valence-corrected chi connectivity index (χ3v) is 8.38. The molecule has 2 aliphatic carbocycles. The van der Waals surface area contributed by atoms with Crippen LogP contribution in [-0.4, -0.2) is 47.6 Å². The molecule has 6 heteroatoms. The minimum absolute atomic E-state index is 0.0175. The van der Waals surface area contributed by atoms with Crippen LogP contribution in [0.25, 0.3) is 0 Å². The van der Waals surface area contributed by atoms with Crippen LogP contribution in [0.15, 0.2) is 24.3 Å². The monoisotopic (exact) mass is 492 g/mol. The summed E-state index contributed by atoms with van der Waals surface area (Å²) in [7, 11) is 0. The highest BCUT2D eigenvalue weighted by atomic mass is 16.5. The van der Waals surface area contributed by atoms with Gasteiger partial charge in [-0.3, -0.25) is 0 Å². The van der Waals surface area contributed by atoms with E-state index in [1.807, 2.05) is 0 Å². The second kappa shape index (κ2) is 13.6. The lowest BCUT2D eigenvalue weighted by Crippen LogP contribution is -2.48. The topological polar surface area (TPSA) is 93.1 Å². The van der Waals surface area contributed by atoms with Gasteiger partial charge >= 0.3 is 11.9 Å². The average molecular weight is 493 g/mol. The van der Waals surface area contributed by atoms with Crippen molar-refractivity contribution >= 4 is 11.9 Å². The summed E-state index contributed by atoms with van der Waals surface area (Å²) in [6.07, 6.45) is 11.8. The molecule has 2 aliphatic rings. The largest absolute Gasteiger partial charge is 0.460 e. The van der Waals surface area contributed by atoms with Crippen molar-refractivity contribution in [2.45, 2.75) is 116 Å². The average Bonchev–Trinajstić information content (AvgIpc) is 2.82. The molecule has 2 atom stereocenters.